The Morgan fingerprint density at radius 3 is 2.59 bits per heavy atom. The van der Waals surface area contributed by atoms with Crippen LogP contribution in [0.3, 0.4) is 0 Å². The van der Waals surface area contributed by atoms with Crippen LogP contribution in [0.2, 0.25) is 0 Å². The summed E-state index contributed by atoms with van der Waals surface area (Å²) in [7, 11) is 0. The van der Waals surface area contributed by atoms with E-state index in [0.29, 0.717) is 17.8 Å². The molecule has 3 rings (SSSR count). The molecule has 0 saturated carbocycles. The number of carbonyl (C=O) groups is 2. The van der Waals surface area contributed by atoms with E-state index < -0.39 is 5.41 Å². The number of benzene rings is 1. The molecule has 0 bridgehead atoms. The molecule has 0 radical (unpaired) electrons. The number of hydrogen-bond donors (Lipinski definition) is 1. The summed E-state index contributed by atoms with van der Waals surface area (Å²) in [5, 5.41) is 2.94. The van der Waals surface area contributed by atoms with Gasteiger partial charge in [0.15, 0.2) is 0 Å². The average Bonchev–Trinajstić information content (AvgIpc) is 3.50. The van der Waals surface area contributed by atoms with E-state index in [2.05, 4.69) is 17.1 Å². The molecule has 7 heteroatoms. The van der Waals surface area contributed by atoms with Crippen molar-refractivity contribution in [2.45, 2.75) is 53.0 Å². The van der Waals surface area contributed by atoms with Crippen molar-refractivity contribution in [3.05, 3.63) is 47.9 Å². The number of alkyl halides is 1. The Hall–Kier alpha value is -2.47. The third-order valence-electron chi connectivity index (χ3n) is 5.88. The lowest BCUT2D eigenvalue weighted by Gasteiger charge is -2.28. The topological polar surface area (TPSA) is 65.8 Å². The van der Waals surface area contributed by atoms with Gasteiger partial charge in [-0.25, -0.2) is 0 Å². The van der Waals surface area contributed by atoms with Crippen LogP contribution in [0, 0.1) is 5.41 Å². The van der Waals surface area contributed by atoms with Crippen molar-refractivity contribution in [2.75, 3.05) is 35.7 Å². The SMILES string of the molecule is CCCCN(Cc1ccco1)c1ccc(NC(=O)C(C)(C)CCl)cc1C(=O)N1CCCC1. The summed E-state index contributed by atoms with van der Waals surface area (Å²) in [4.78, 5) is 30.2. The van der Waals surface area contributed by atoms with Crippen LogP contribution in [0.5, 0.6) is 0 Å². The van der Waals surface area contributed by atoms with Gasteiger partial charge >= 0.3 is 0 Å². The first-order valence-electron chi connectivity index (χ1n) is 11.4. The molecule has 1 aliphatic heterocycles. The highest BCUT2D eigenvalue weighted by Gasteiger charge is 2.28. The van der Waals surface area contributed by atoms with E-state index in [1.54, 1.807) is 26.2 Å². The molecule has 32 heavy (non-hydrogen) atoms. The zero-order chi connectivity index (χ0) is 23.1. The minimum absolute atomic E-state index is 0.00569. The maximum Gasteiger partial charge on any atom is 0.256 e. The van der Waals surface area contributed by atoms with Gasteiger partial charge in [0, 0.05) is 31.2 Å². The lowest BCUT2D eigenvalue weighted by Crippen LogP contribution is -2.33. The number of hydrogen-bond acceptors (Lipinski definition) is 4. The van der Waals surface area contributed by atoms with E-state index in [1.807, 2.05) is 29.2 Å². The number of amides is 2. The summed E-state index contributed by atoms with van der Waals surface area (Å²) < 4.78 is 5.59. The van der Waals surface area contributed by atoms with Crippen LogP contribution < -0.4 is 10.2 Å². The number of likely N-dealkylation sites (tertiary alicyclic amines) is 1. The number of furan rings is 1. The Morgan fingerprint density at radius 2 is 1.97 bits per heavy atom. The Morgan fingerprint density at radius 1 is 1.22 bits per heavy atom. The minimum Gasteiger partial charge on any atom is -0.467 e. The van der Waals surface area contributed by atoms with Crippen molar-refractivity contribution < 1.29 is 14.0 Å². The number of unbranched alkanes of at least 4 members (excludes halogenated alkanes) is 1. The van der Waals surface area contributed by atoms with Gasteiger partial charge in [-0.1, -0.05) is 13.3 Å². The quantitative estimate of drug-likeness (QED) is 0.474. The lowest BCUT2D eigenvalue weighted by molar-refractivity contribution is -0.122. The van der Waals surface area contributed by atoms with Gasteiger partial charge in [0.2, 0.25) is 5.91 Å². The third kappa shape index (κ3) is 5.85. The van der Waals surface area contributed by atoms with Gasteiger partial charge in [0.05, 0.1) is 29.5 Å². The normalized spacial score (nSPS) is 13.9. The molecule has 2 aromatic rings. The fourth-order valence-corrected chi connectivity index (χ4v) is 3.86. The zero-order valence-electron chi connectivity index (χ0n) is 19.3. The van der Waals surface area contributed by atoms with Crippen LogP contribution in [0.1, 0.15) is 62.6 Å². The molecule has 174 valence electrons. The molecular weight excluding hydrogens is 426 g/mol. The molecule has 2 heterocycles. The van der Waals surface area contributed by atoms with Gasteiger partial charge in [-0.3, -0.25) is 9.59 Å². The molecule has 1 aliphatic rings. The second-order valence-corrected chi connectivity index (χ2v) is 9.32. The predicted molar refractivity (Wildman–Crippen MR) is 129 cm³/mol. The Labute approximate surface area is 195 Å². The van der Waals surface area contributed by atoms with Gasteiger partial charge in [0.25, 0.3) is 5.91 Å². The van der Waals surface area contributed by atoms with Gasteiger partial charge in [0.1, 0.15) is 5.76 Å². The summed E-state index contributed by atoms with van der Waals surface area (Å²) in [6.07, 6.45) is 5.76. The first-order chi connectivity index (χ1) is 15.4. The number of nitrogens with one attached hydrogen (secondary N) is 1. The standard InChI is InChI=1S/C25H34ClN3O3/c1-4-5-12-29(17-20-9-8-15-32-20)22-11-10-19(27-24(31)25(2,3)18-26)16-21(22)23(30)28-13-6-7-14-28/h8-11,15-16H,4-7,12-14,17-18H2,1-3H3,(H,27,31). The van der Waals surface area contributed by atoms with Crippen LogP contribution in [-0.4, -0.2) is 42.2 Å². The maximum absolute atomic E-state index is 13.5. The van der Waals surface area contributed by atoms with Crippen molar-refractivity contribution in [1.82, 2.24) is 4.90 Å². The van der Waals surface area contributed by atoms with E-state index in [-0.39, 0.29) is 17.7 Å². The molecule has 1 aromatic carbocycles. The average molecular weight is 460 g/mol. The second kappa shape index (κ2) is 10.9. The number of carbonyl (C=O) groups excluding carboxylic acids is 2. The van der Waals surface area contributed by atoms with E-state index in [4.69, 9.17) is 16.0 Å². The van der Waals surface area contributed by atoms with E-state index in [1.165, 1.54) is 0 Å². The summed E-state index contributed by atoms with van der Waals surface area (Å²) in [6.45, 7) is 8.67. The van der Waals surface area contributed by atoms with Crippen LogP contribution >= 0.6 is 11.6 Å². The van der Waals surface area contributed by atoms with E-state index in [0.717, 1.165) is 56.8 Å². The highest BCUT2D eigenvalue weighted by atomic mass is 35.5. The summed E-state index contributed by atoms with van der Waals surface area (Å²) in [5.41, 5.74) is 1.37. The highest BCUT2D eigenvalue weighted by Crippen LogP contribution is 2.30. The highest BCUT2D eigenvalue weighted by molar-refractivity contribution is 6.20. The van der Waals surface area contributed by atoms with Crippen molar-refractivity contribution in [1.29, 1.82) is 0 Å². The molecule has 6 nitrogen and oxygen atoms in total. The van der Waals surface area contributed by atoms with Crippen LogP contribution in [0.25, 0.3) is 0 Å². The fourth-order valence-electron chi connectivity index (χ4n) is 3.74. The third-order valence-corrected chi connectivity index (χ3v) is 6.54. The maximum atomic E-state index is 13.5. The zero-order valence-corrected chi connectivity index (χ0v) is 20.1. The fraction of sp³-hybridized carbons (Fsp3) is 0.520. The molecular formula is C25H34ClN3O3. The first-order valence-corrected chi connectivity index (χ1v) is 12.0. The summed E-state index contributed by atoms with van der Waals surface area (Å²) in [6, 6.07) is 9.43. The molecule has 1 saturated heterocycles. The van der Waals surface area contributed by atoms with E-state index >= 15 is 0 Å². The largest absolute Gasteiger partial charge is 0.467 e. The predicted octanol–water partition coefficient (Wildman–Crippen LogP) is 5.53. The van der Waals surface area contributed by atoms with Crippen molar-refractivity contribution in [3.8, 4) is 0 Å². The molecule has 2 amide bonds. The smallest absolute Gasteiger partial charge is 0.256 e. The molecule has 0 spiro atoms. The number of anilines is 2. The van der Waals surface area contributed by atoms with Gasteiger partial charge in [-0.15, -0.1) is 11.6 Å². The van der Waals surface area contributed by atoms with Crippen LogP contribution in [-0.2, 0) is 11.3 Å². The Kier molecular flexibility index (Phi) is 8.24. The Bertz CT molecular complexity index is 905. The van der Waals surface area contributed by atoms with E-state index in [9.17, 15) is 9.59 Å². The van der Waals surface area contributed by atoms with Gasteiger partial charge in [-0.2, -0.15) is 0 Å². The van der Waals surface area contributed by atoms with Crippen molar-refractivity contribution in [3.63, 3.8) is 0 Å². The second-order valence-electron chi connectivity index (χ2n) is 9.06. The monoisotopic (exact) mass is 459 g/mol. The van der Waals surface area contributed by atoms with Crippen LogP contribution in [0.15, 0.2) is 41.0 Å². The minimum atomic E-state index is -0.703. The molecule has 0 unspecified atom stereocenters. The Balaban J connectivity index is 1.96. The molecule has 0 atom stereocenters. The molecule has 0 aliphatic carbocycles. The van der Waals surface area contributed by atoms with Crippen LogP contribution in [0.4, 0.5) is 11.4 Å². The van der Waals surface area contributed by atoms with Crippen molar-refractivity contribution >= 4 is 34.8 Å². The van der Waals surface area contributed by atoms with Crippen molar-refractivity contribution in [2.24, 2.45) is 5.41 Å². The number of halogens is 1. The van der Waals surface area contributed by atoms with Gasteiger partial charge < -0.3 is 19.5 Å². The molecule has 1 fully saturated rings. The molecule has 1 aromatic heterocycles. The molecule has 1 N–H and O–H groups in total. The lowest BCUT2D eigenvalue weighted by atomic mass is 9.95. The van der Waals surface area contributed by atoms with Gasteiger partial charge in [-0.05, 0) is 63.4 Å². The number of rotatable bonds is 10. The number of nitrogens with zero attached hydrogens (tertiary/aromatic N) is 2. The summed E-state index contributed by atoms with van der Waals surface area (Å²) >= 11 is 5.97. The first kappa shape index (κ1) is 24.2. The summed E-state index contributed by atoms with van der Waals surface area (Å²) in [5.74, 6) is 0.899.